The van der Waals surface area contributed by atoms with Gasteiger partial charge in [-0.15, -0.1) is 0 Å². The molecular formula is C12H21BSi. The molecule has 0 aliphatic carbocycles. The average molecular weight is 204 g/mol. The van der Waals surface area contributed by atoms with E-state index in [1.165, 1.54) is 19.2 Å². The van der Waals surface area contributed by atoms with Crippen LogP contribution in [0.15, 0.2) is 30.3 Å². The van der Waals surface area contributed by atoms with Crippen LogP contribution in [0, 0.1) is 0 Å². The van der Waals surface area contributed by atoms with Gasteiger partial charge in [-0.1, -0.05) is 75.0 Å². The minimum atomic E-state index is -0.544. The van der Waals surface area contributed by atoms with E-state index in [9.17, 15) is 0 Å². The van der Waals surface area contributed by atoms with Gasteiger partial charge in [0.2, 0.25) is 0 Å². The summed E-state index contributed by atoms with van der Waals surface area (Å²) >= 11 is 0. The van der Waals surface area contributed by atoms with Gasteiger partial charge < -0.3 is 0 Å². The highest BCUT2D eigenvalue weighted by atomic mass is 28.3. The molecule has 0 radical (unpaired) electrons. The highest BCUT2D eigenvalue weighted by Gasteiger charge is 2.19. The van der Waals surface area contributed by atoms with Gasteiger partial charge in [0.05, 0.1) is 0 Å². The molecule has 0 heterocycles. The Morgan fingerprint density at radius 2 is 1.79 bits per heavy atom. The number of hydrogen-bond donors (Lipinski definition) is 0. The molecule has 0 fully saturated rings. The molecule has 0 aliphatic rings. The second-order valence-corrected chi connectivity index (χ2v) is 7.70. The third-order valence-corrected chi connectivity index (χ3v) is 5.23. The molecule has 76 valence electrons. The summed E-state index contributed by atoms with van der Waals surface area (Å²) < 4.78 is 0. The van der Waals surface area contributed by atoms with Crippen LogP contribution in [0.2, 0.25) is 19.4 Å². The normalized spacial score (nSPS) is 10.6. The highest BCUT2D eigenvalue weighted by Crippen LogP contribution is 2.05. The Labute approximate surface area is 90.4 Å². The third-order valence-electron chi connectivity index (χ3n) is 2.90. The van der Waals surface area contributed by atoms with E-state index in [2.05, 4.69) is 50.3 Å². The van der Waals surface area contributed by atoms with Crippen molar-refractivity contribution < 1.29 is 0 Å². The van der Waals surface area contributed by atoms with Crippen LogP contribution in [0.25, 0.3) is 0 Å². The van der Waals surface area contributed by atoms with E-state index in [1.807, 2.05) is 0 Å². The Bertz CT molecular complexity index is 246. The zero-order valence-electron chi connectivity index (χ0n) is 9.66. The van der Waals surface area contributed by atoms with Crippen LogP contribution in [0.1, 0.15) is 19.8 Å². The van der Waals surface area contributed by atoms with Crippen LogP contribution in [0.3, 0.4) is 0 Å². The van der Waals surface area contributed by atoms with Crippen LogP contribution < -0.4 is 5.46 Å². The zero-order valence-corrected chi connectivity index (χ0v) is 10.8. The van der Waals surface area contributed by atoms with Gasteiger partial charge in [0, 0.05) is 8.67 Å². The van der Waals surface area contributed by atoms with Gasteiger partial charge in [0.25, 0.3) is 0 Å². The molecule has 0 aliphatic heterocycles. The molecule has 0 atom stereocenters. The first kappa shape index (κ1) is 11.6. The first-order valence-corrected chi connectivity index (χ1v) is 8.78. The molecular weight excluding hydrogens is 183 g/mol. The van der Waals surface area contributed by atoms with Crippen molar-refractivity contribution in [2.75, 3.05) is 0 Å². The van der Waals surface area contributed by atoms with Crippen molar-refractivity contribution >= 4 is 20.4 Å². The van der Waals surface area contributed by atoms with E-state index >= 15 is 0 Å². The molecule has 1 aromatic rings. The molecule has 1 aromatic carbocycles. The molecule has 0 N–H and O–H groups in total. The predicted octanol–water partition coefficient (Wildman–Crippen LogP) is 2.75. The van der Waals surface area contributed by atoms with Gasteiger partial charge in [0.1, 0.15) is 0 Å². The van der Waals surface area contributed by atoms with Crippen molar-refractivity contribution in [2.24, 2.45) is 0 Å². The fourth-order valence-electron chi connectivity index (χ4n) is 2.01. The van der Waals surface area contributed by atoms with E-state index < -0.39 is 8.67 Å². The molecule has 0 aromatic heterocycles. The maximum Gasteiger partial charge on any atom is 0.165 e. The van der Waals surface area contributed by atoms with Crippen molar-refractivity contribution in [3.8, 4) is 0 Å². The lowest BCUT2D eigenvalue weighted by molar-refractivity contribution is 0.879. The molecule has 0 bridgehead atoms. The minimum Gasteiger partial charge on any atom is -0.0834 e. The van der Waals surface area contributed by atoms with Crippen LogP contribution >= 0.6 is 0 Å². The Morgan fingerprint density at radius 3 is 2.29 bits per heavy atom. The summed E-state index contributed by atoms with van der Waals surface area (Å²) in [6.45, 7) is 7.21. The quantitative estimate of drug-likeness (QED) is 0.647. The molecule has 14 heavy (non-hydrogen) atoms. The summed E-state index contributed by atoms with van der Waals surface area (Å²) in [6, 6.07) is 11.1. The second-order valence-electron chi connectivity index (χ2n) is 4.40. The number of rotatable bonds is 5. The standard InChI is InChI=1S/C12H21BSi/c1-4-5-11-13(14(2)3)12-9-7-6-8-10-12/h6-10,14H,4-5,11H2,1-3H3. The van der Waals surface area contributed by atoms with Crippen LogP contribution in [-0.2, 0) is 0 Å². The lowest BCUT2D eigenvalue weighted by Gasteiger charge is -2.16. The number of unbranched alkanes of at least 4 members (excludes halogenated alkanes) is 1. The van der Waals surface area contributed by atoms with Crippen molar-refractivity contribution in [3.63, 3.8) is 0 Å². The Hall–Kier alpha value is -0.498. The van der Waals surface area contributed by atoms with E-state index in [0.29, 0.717) is 0 Å². The Kier molecular flexibility index (Phi) is 5.02. The molecule has 0 unspecified atom stereocenters. The predicted molar refractivity (Wildman–Crippen MR) is 70.4 cm³/mol. The van der Waals surface area contributed by atoms with Crippen molar-refractivity contribution in [1.82, 2.24) is 0 Å². The van der Waals surface area contributed by atoms with E-state index in [4.69, 9.17) is 0 Å². The lowest BCUT2D eigenvalue weighted by atomic mass is 9.63. The van der Waals surface area contributed by atoms with Crippen LogP contribution in [-0.4, -0.2) is 15.0 Å². The Balaban J connectivity index is 2.68. The third kappa shape index (κ3) is 3.34. The number of benzene rings is 1. The number of hydrogen-bond acceptors (Lipinski definition) is 0. The molecule has 0 saturated heterocycles. The fourth-order valence-corrected chi connectivity index (χ4v) is 3.90. The van der Waals surface area contributed by atoms with Gasteiger partial charge in [-0.3, -0.25) is 0 Å². The molecule has 0 amide bonds. The molecule has 2 heteroatoms. The molecule has 1 rings (SSSR count). The van der Waals surface area contributed by atoms with Gasteiger partial charge in [-0.05, 0) is 0 Å². The van der Waals surface area contributed by atoms with Crippen LogP contribution in [0.4, 0.5) is 0 Å². The summed E-state index contributed by atoms with van der Waals surface area (Å²) in [5.74, 6) is 0. The van der Waals surface area contributed by atoms with Gasteiger partial charge >= 0.3 is 0 Å². The SMILES string of the molecule is CCCCB(c1ccccc1)[SiH](C)C. The topological polar surface area (TPSA) is 0 Å². The summed E-state index contributed by atoms with van der Waals surface area (Å²) in [7, 11) is -0.544. The van der Waals surface area contributed by atoms with Crippen LogP contribution in [0.5, 0.6) is 0 Å². The monoisotopic (exact) mass is 204 g/mol. The summed E-state index contributed by atoms with van der Waals surface area (Å²) in [5.41, 5.74) is 1.57. The van der Waals surface area contributed by atoms with Gasteiger partial charge in [-0.25, -0.2) is 0 Å². The van der Waals surface area contributed by atoms with Gasteiger partial charge in [0.15, 0.2) is 6.31 Å². The fraction of sp³-hybridized carbons (Fsp3) is 0.500. The first-order valence-electron chi connectivity index (χ1n) is 5.80. The summed E-state index contributed by atoms with van der Waals surface area (Å²) in [4.78, 5) is 0. The smallest absolute Gasteiger partial charge is 0.0834 e. The maximum atomic E-state index is 2.47. The average Bonchev–Trinajstić information content (AvgIpc) is 2.19. The zero-order chi connectivity index (χ0) is 10.4. The minimum absolute atomic E-state index is 0.544. The highest BCUT2D eigenvalue weighted by molar-refractivity contribution is 7.27. The lowest BCUT2D eigenvalue weighted by Crippen LogP contribution is -2.41. The first-order chi connectivity index (χ1) is 6.75. The van der Waals surface area contributed by atoms with Crippen molar-refractivity contribution in [2.45, 2.75) is 39.2 Å². The summed E-state index contributed by atoms with van der Waals surface area (Å²) in [6.07, 6.45) is 4.98. The van der Waals surface area contributed by atoms with E-state index in [0.717, 1.165) is 6.31 Å². The van der Waals surface area contributed by atoms with E-state index in [1.54, 1.807) is 5.46 Å². The molecule has 0 nitrogen and oxygen atoms in total. The molecule has 0 spiro atoms. The second kappa shape index (κ2) is 6.07. The van der Waals surface area contributed by atoms with Crippen molar-refractivity contribution in [1.29, 1.82) is 0 Å². The Morgan fingerprint density at radius 1 is 1.14 bits per heavy atom. The van der Waals surface area contributed by atoms with E-state index in [-0.39, 0.29) is 0 Å². The van der Waals surface area contributed by atoms with Gasteiger partial charge in [-0.2, -0.15) is 0 Å². The molecule has 0 saturated carbocycles. The maximum absolute atomic E-state index is 2.47. The summed E-state index contributed by atoms with van der Waals surface area (Å²) in [5, 5.41) is 0. The largest absolute Gasteiger partial charge is 0.165 e. The van der Waals surface area contributed by atoms with Crippen molar-refractivity contribution in [3.05, 3.63) is 30.3 Å².